The van der Waals surface area contributed by atoms with Crippen molar-refractivity contribution in [3.63, 3.8) is 0 Å². The first-order valence-corrected chi connectivity index (χ1v) is 6.83. The lowest BCUT2D eigenvalue weighted by Crippen LogP contribution is -2.12. The predicted octanol–water partition coefficient (Wildman–Crippen LogP) is 3.39. The maximum absolute atomic E-state index is 6.16. The van der Waals surface area contributed by atoms with Crippen molar-refractivity contribution in [3.8, 4) is 0 Å². The molecule has 90 valence electrons. The molecule has 1 aromatic heterocycles. The summed E-state index contributed by atoms with van der Waals surface area (Å²) < 4.78 is 0. The van der Waals surface area contributed by atoms with Crippen LogP contribution in [0.4, 0.5) is 0 Å². The number of benzene rings is 1. The minimum atomic E-state index is -0.102. The molecule has 2 rings (SSSR count). The van der Waals surface area contributed by atoms with E-state index in [0.717, 1.165) is 17.7 Å². The van der Waals surface area contributed by atoms with Gasteiger partial charge in [-0.2, -0.15) is 0 Å². The Balaban J connectivity index is 2.12. The highest BCUT2D eigenvalue weighted by Gasteiger charge is 2.10. The summed E-state index contributed by atoms with van der Waals surface area (Å²) in [5, 5.41) is 2.01. The van der Waals surface area contributed by atoms with Gasteiger partial charge < -0.3 is 5.73 Å². The lowest BCUT2D eigenvalue weighted by atomic mass is 9.99. The van der Waals surface area contributed by atoms with Crippen LogP contribution < -0.4 is 5.73 Å². The van der Waals surface area contributed by atoms with E-state index in [0.29, 0.717) is 5.92 Å². The molecule has 0 saturated heterocycles. The normalized spacial score (nSPS) is 12.9. The Kier molecular flexibility index (Phi) is 3.92. The highest BCUT2D eigenvalue weighted by Crippen LogP contribution is 2.20. The molecule has 0 bridgehead atoms. The van der Waals surface area contributed by atoms with Crippen molar-refractivity contribution in [2.45, 2.75) is 26.3 Å². The van der Waals surface area contributed by atoms with Crippen molar-refractivity contribution in [2.24, 2.45) is 11.7 Å². The molecule has 0 aliphatic carbocycles. The first kappa shape index (κ1) is 12.3. The molecule has 0 aliphatic heterocycles. The quantitative estimate of drug-likeness (QED) is 0.898. The Morgan fingerprint density at radius 3 is 2.47 bits per heavy atom. The molecule has 0 spiro atoms. The van der Waals surface area contributed by atoms with Gasteiger partial charge in [-0.15, -0.1) is 11.3 Å². The molecular formula is C14H18N2S. The number of hydrogen-bond acceptors (Lipinski definition) is 3. The molecule has 1 heterocycles. The topological polar surface area (TPSA) is 38.9 Å². The average molecular weight is 246 g/mol. The monoisotopic (exact) mass is 246 g/mol. The van der Waals surface area contributed by atoms with E-state index in [-0.39, 0.29) is 6.04 Å². The second-order valence-electron chi connectivity index (χ2n) is 4.73. The highest BCUT2D eigenvalue weighted by atomic mass is 32.1. The molecule has 2 N–H and O–H groups in total. The average Bonchev–Trinajstić information content (AvgIpc) is 2.82. The molecule has 0 saturated carbocycles. The van der Waals surface area contributed by atoms with Crippen LogP contribution in [0.5, 0.6) is 0 Å². The van der Waals surface area contributed by atoms with Gasteiger partial charge in [0.25, 0.3) is 0 Å². The molecule has 2 nitrogen and oxygen atoms in total. The molecule has 0 aliphatic rings. The number of thiazole rings is 1. The number of aromatic nitrogens is 1. The van der Waals surface area contributed by atoms with Crippen molar-refractivity contribution in [3.05, 3.63) is 52.0 Å². The van der Waals surface area contributed by atoms with E-state index in [1.54, 1.807) is 11.3 Å². The number of hydrogen-bond donors (Lipinski definition) is 1. The summed E-state index contributed by atoms with van der Waals surface area (Å²) in [6, 6.07) is 8.46. The Bertz CT molecular complexity index is 446. The van der Waals surface area contributed by atoms with Crippen molar-refractivity contribution in [2.75, 3.05) is 0 Å². The Labute approximate surface area is 107 Å². The fraction of sp³-hybridized carbons (Fsp3) is 0.357. The molecule has 2 aromatic rings. The predicted molar refractivity (Wildman–Crippen MR) is 73.1 cm³/mol. The molecule has 0 amide bonds. The molecule has 1 atom stereocenters. The van der Waals surface area contributed by atoms with Crippen molar-refractivity contribution >= 4 is 11.3 Å². The Morgan fingerprint density at radius 1 is 1.24 bits per heavy atom. The van der Waals surface area contributed by atoms with Gasteiger partial charge in [0, 0.05) is 5.38 Å². The van der Waals surface area contributed by atoms with E-state index >= 15 is 0 Å². The smallest absolute Gasteiger partial charge is 0.0795 e. The van der Waals surface area contributed by atoms with Crippen molar-refractivity contribution in [1.29, 1.82) is 0 Å². The standard InChI is InChI=1S/C14H18N2S/c1-10(2)7-11-3-5-12(6-4-11)14(15)13-8-17-9-16-13/h3-6,8-10,14H,7,15H2,1-2H3. The summed E-state index contributed by atoms with van der Waals surface area (Å²) in [5.41, 5.74) is 11.4. The third-order valence-electron chi connectivity index (χ3n) is 2.75. The van der Waals surface area contributed by atoms with Gasteiger partial charge in [0.15, 0.2) is 0 Å². The maximum atomic E-state index is 6.16. The second-order valence-corrected chi connectivity index (χ2v) is 5.45. The summed E-state index contributed by atoms with van der Waals surface area (Å²) in [7, 11) is 0. The van der Waals surface area contributed by atoms with Gasteiger partial charge in [0.05, 0.1) is 17.2 Å². The lowest BCUT2D eigenvalue weighted by molar-refractivity contribution is 0.647. The maximum Gasteiger partial charge on any atom is 0.0795 e. The van der Waals surface area contributed by atoms with Crippen LogP contribution in [0.25, 0.3) is 0 Å². The van der Waals surface area contributed by atoms with E-state index in [9.17, 15) is 0 Å². The molecule has 17 heavy (non-hydrogen) atoms. The molecular weight excluding hydrogens is 228 g/mol. The van der Waals surface area contributed by atoms with Crippen LogP contribution in [0.3, 0.4) is 0 Å². The fourth-order valence-corrected chi connectivity index (χ4v) is 2.47. The number of nitrogens with zero attached hydrogens (tertiary/aromatic N) is 1. The van der Waals surface area contributed by atoms with Crippen LogP contribution in [-0.4, -0.2) is 4.98 Å². The summed E-state index contributed by atoms with van der Waals surface area (Å²) in [6.07, 6.45) is 1.12. The van der Waals surface area contributed by atoms with Crippen LogP contribution in [0.15, 0.2) is 35.2 Å². The molecule has 1 aromatic carbocycles. The minimum Gasteiger partial charge on any atom is -0.319 e. The lowest BCUT2D eigenvalue weighted by Gasteiger charge is -2.11. The molecule has 0 fully saturated rings. The zero-order valence-corrected chi connectivity index (χ0v) is 11.1. The van der Waals surface area contributed by atoms with E-state index in [1.807, 2.05) is 10.9 Å². The molecule has 3 heteroatoms. The van der Waals surface area contributed by atoms with E-state index in [4.69, 9.17) is 5.73 Å². The minimum absolute atomic E-state index is 0.102. The van der Waals surface area contributed by atoms with Crippen molar-refractivity contribution in [1.82, 2.24) is 4.98 Å². The van der Waals surface area contributed by atoms with Crippen LogP contribution in [-0.2, 0) is 6.42 Å². The highest BCUT2D eigenvalue weighted by molar-refractivity contribution is 7.07. The van der Waals surface area contributed by atoms with Crippen LogP contribution in [0.2, 0.25) is 0 Å². The molecule has 0 radical (unpaired) electrons. The van der Waals surface area contributed by atoms with Gasteiger partial charge in [-0.1, -0.05) is 38.1 Å². The van der Waals surface area contributed by atoms with Crippen molar-refractivity contribution < 1.29 is 0 Å². The largest absolute Gasteiger partial charge is 0.319 e. The zero-order chi connectivity index (χ0) is 12.3. The number of nitrogens with two attached hydrogens (primary N) is 1. The third kappa shape index (κ3) is 3.14. The summed E-state index contributed by atoms with van der Waals surface area (Å²) in [6.45, 7) is 4.46. The van der Waals surface area contributed by atoms with Gasteiger partial charge in [-0.25, -0.2) is 4.98 Å². The van der Waals surface area contributed by atoms with Gasteiger partial charge in [0.2, 0.25) is 0 Å². The van der Waals surface area contributed by atoms with Gasteiger partial charge in [-0.3, -0.25) is 0 Å². The second kappa shape index (κ2) is 5.43. The summed E-state index contributed by atoms with van der Waals surface area (Å²) >= 11 is 1.58. The van der Waals surface area contributed by atoms with E-state index in [2.05, 4.69) is 43.1 Å². The fourth-order valence-electron chi connectivity index (χ4n) is 1.88. The summed E-state index contributed by atoms with van der Waals surface area (Å²) in [5.74, 6) is 0.688. The first-order valence-electron chi connectivity index (χ1n) is 5.89. The molecule has 1 unspecified atom stereocenters. The number of rotatable bonds is 4. The van der Waals surface area contributed by atoms with Gasteiger partial charge in [-0.05, 0) is 23.5 Å². The van der Waals surface area contributed by atoms with Crippen LogP contribution in [0.1, 0.15) is 36.7 Å². The zero-order valence-electron chi connectivity index (χ0n) is 10.3. The SMILES string of the molecule is CC(C)Cc1ccc(C(N)c2cscn2)cc1. The summed E-state index contributed by atoms with van der Waals surface area (Å²) in [4.78, 5) is 4.26. The Hall–Kier alpha value is -1.19. The third-order valence-corrected chi connectivity index (χ3v) is 3.36. The van der Waals surface area contributed by atoms with Crippen LogP contribution >= 0.6 is 11.3 Å². The van der Waals surface area contributed by atoms with Crippen LogP contribution in [0, 0.1) is 5.92 Å². The van der Waals surface area contributed by atoms with E-state index < -0.39 is 0 Å². The van der Waals surface area contributed by atoms with Gasteiger partial charge in [0.1, 0.15) is 0 Å². The Morgan fingerprint density at radius 2 is 1.94 bits per heavy atom. The van der Waals surface area contributed by atoms with Gasteiger partial charge >= 0.3 is 0 Å². The first-order chi connectivity index (χ1) is 8.16. The van der Waals surface area contributed by atoms with E-state index in [1.165, 1.54) is 5.56 Å².